The lowest BCUT2D eigenvalue weighted by atomic mass is 9.89. The van der Waals surface area contributed by atoms with Crippen molar-refractivity contribution in [3.8, 4) is 5.75 Å². The molecule has 0 aliphatic heterocycles. The second-order valence-corrected chi connectivity index (χ2v) is 5.84. The summed E-state index contributed by atoms with van der Waals surface area (Å²) in [4.78, 5) is 0. The Morgan fingerprint density at radius 3 is 2.72 bits per heavy atom. The highest BCUT2D eigenvalue weighted by atomic mass is 79.9. The Morgan fingerprint density at radius 1 is 1.17 bits per heavy atom. The number of hydrogen-bond acceptors (Lipinski definition) is 2. The van der Waals surface area contributed by atoms with Crippen LogP contribution in [0.25, 0.3) is 0 Å². The number of benzene rings is 1. The molecule has 3 heteroatoms. The molecule has 1 saturated carbocycles. The molecule has 0 saturated heterocycles. The van der Waals surface area contributed by atoms with E-state index in [1.807, 2.05) is 24.3 Å². The maximum Gasteiger partial charge on any atom is 0.133 e. The van der Waals surface area contributed by atoms with E-state index in [4.69, 9.17) is 4.74 Å². The van der Waals surface area contributed by atoms with E-state index in [1.54, 1.807) is 0 Å². The molecule has 0 radical (unpaired) electrons. The van der Waals surface area contributed by atoms with Gasteiger partial charge in [0.2, 0.25) is 0 Å². The molecule has 100 valence electrons. The average Bonchev–Trinajstić information content (AvgIpc) is 2.42. The highest BCUT2D eigenvalue weighted by Gasteiger charge is 2.12. The highest BCUT2D eigenvalue weighted by Crippen LogP contribution is 2.24. The molecule has 0 unspecified atom stereocenters. The van der Waals surface area contributed by atoms with E-state index in [-0.39, 0.29) is 0 Å². The van der Waals surface area contributed by atoms with Crippen molar-refractivity contribution in [2.24, 2.45) is 5.92 Å². The van der Waals surface area contributed by atoms with E-state index in [2.05, 4.69) is 21.2 Å². The summed E-state index contributed by atoms with van der Waals surface area (Å²) in [6, 6.07) is 7.99. The number of hydrogen-bond donors (Lipinski definition) is 1. The molecule has 0 atom stereocenters. The van der Waals surface area contributed by atoms with Gasteiger partial charge in [0.25, 0.3) is 0 Å². The average molecular weight is 312 g/mol. The van der Waals surface area contributed by atoms with Gasteiger partial charge in [-0.3, -0.25) is 0 Å². The van der Waals surface area contributed by atoms with Crippen molar-refractivity contribution in [3.05, 3.63) is 28.7 Å². The zero-order chi connectivity index (χ0) is 12.6. The first kappa shape index (κ1) is 13.9. The Labute approximate surface area is 118 Å². The fraction of sp³-hybridized carbons (Fsp3) is 0.600. The van der Waals surface area contributed by atoms with Crippen LogP contribution in [-0.2, 0) is 0 Å². The molecule has 1 aliphatic rings. The van der Waals surface area contributed by atoms with E-state index >= 15 is 0 Å². The van der Waals surface area contributed by atoms with Gasteiger partial charge in [0, 0.05) is 6.54 Å². The minimum absolute atomic E-state index is 0.731. The number of nitrogens with one attached hydrogen (secondary N) is 1. The van der Waals surface area contributed by atoms with Crippen LogP contribution in [0, 0.1) is 5.92 Å². The molecule has 2 rings (SSSR count). The molecule has 18 heavy (non-hydrogen) atoms. The summed E-state index contributed by atoms with van der Waals surface area (Å²) in [5.41, 5.74) is 0. The lowest BCUT2D eigenvalue weighted by Crippen LogP contribution is -2.28. The lowest BCUT2D eigenvalue weighted by Gasteiger charge is -2.21. The quantitative estimate of drug-likeness (QED) is 0.802. The topological polar surface area (TPSA) is 21.3 Å². The van der Waals surface area contributed by atoms with Gasteiger partial charge < -0.3 is 10.1 Å². The lowest BCUT2D eigenvalue weighted by molar-refractivity contribution is 0.293. The minimum atomic E-state index is 0.731. The number of rotatable bonds is 6. The van der Waals surface area contributed by atoms with E-state index < -0.39 is 0 Å². The van der Waals surface area contributed by atoms with Crippen molar-refractivity contribution in [1.29, 1.82) is 0 Å². The first-order chi connectivity index (χ1) is 8.86. The van der Waals surface area contributed by atoms with Crippen LogP contribution >= 0.6 is 15.9 Å². The third-order valence-corrected chi connectivity index (χ3v) is 4.19. The molecule has 0 bridgehead atoms. The Hall–Kier alpha value is -0.540. The molecule has 0 aromatic heterocycles. The Bertz CT molecular complexity index is 350. The SMILES string of the molecule is Brc1ccccc1OCCNCC1CCCCC1. The summed E-state index contributed by atoms with van der Waals surface area (Å²) in [5, 5.41) is 3.50. The van der Waals surface area contributed by atoms with Crippen LogP contribution in [0.1, 0.15) is 32.1 Å². The van der Waals surface area contributed by atoms with Crippen LogP contribution in [0.3, 0.4) is 0 Å². The maximum absolute atomic E-state index is 5.72. The van der Waals surface area contributed by atoms with Gasteiger partial charge >= 0.3 is 0 Å². The van der Waals surface area contributed by atoms with Gasteiger partial charge in [-0.05, 0) is 53.4 Å². The molecule has 2 nitrogen and oxygen atoms in total. The van der Waals surface area contributed by atoms with E-state index in [9.17, 15) is 0 Å². The molecule has 1 aliphatic carbocycles. The smallest absolute Gasteiger partial charge is 0.133 e. The van der Waals surface area contributed by atoms with Gasteiger partial charge in [-0.2, -0.15) is 0 Å². The van der Waals surface area contributed by atoms with Crippen molar-refractivity contribution in [1.82, 2.24) is 5.32 Å². The second-order valence-electron chi connectivity index (χ2n) is 4.99. The third kappa shape index (κ3) is 4.62. The molecule has 0 spiro atoms. The Balaban J connectivity index is 1.57. The van der Waals surface area contributed by atoms with Crippen molar-refractivity contribution in [2.75, 3.05) is 19.7 Å². The van der Waals surface area contributed by atoms with E-state index in [1.165, 1.54) is 32.1 Å². The van der Waals surface area contributed by atoms with E-state index in [0.29, 0.717) is 0 Å². The monoisotopic (exact) mass is 311 g/mol. The number of para-hydroxylation sites is 1. The van der Waals surface area contributed by atoms with Crippen LogP contribution < -0.4 is 10.1 Å². The maximum atomic E-state index is 5.72. The Morgan fingerprint density at radius 2 is 1.94 bits per heavy atom. The molecular formula is C15H22BrNO. The predicted molar refractivity (Wildman–Crippen MR) is 79.1 cm³/mol. The van der Waals surface area contributed by atoms with Crippen LogP contribution in [0.4, 0.5) is 0 Å². The molecular weight excluding hydrogens is 290 g/mol. The molecule has 1 aromatic carbocycles. The second kappa shape index (κ2) is 7.80. The minimum Gasteiger partial charge on any atom is -0.491 e. The summed E-state index contributed by atoms with van der Waals surface area (Å²) in [7, 11) is 0. The summed E-state index contributed by atoms with van der Waals surface area (Å²) in [6.07, 6.45) is 7.07. The summed E-state index contributed by atoms with van der Waals surface area (Å²) in [5.74, 6) is 1.82. The van der Waals surface area contributed by atoms with Crippen molar-refractivity contribution < 1.29 is 4.74 Å². The molecule has 0 amide bonds. The summed E-state index contributed by atoms with van der Waals surface area (Å²) >= 11 is 3.48. The first-order valence-electron chi connectivity index (χ1n) is 6.94. The molecule has 1 N–H and O–H groups in total. The molecule has 1 fully saturated rings. The summed E-state index contributed by atoms with van der Waals surface area (Å²) < 4.78 is 6.74. The predicted octanol–water partition coefficient (Wildman–Crippen LogP) is 4.00. The van der Waals surface area contributed by atoms with Crippen molar-refractivity contribution in [3.63, 3.8) is 0 Å². The van der Waals surface area contributed by atoms with Gasteiger partial charge in [0.15, 0.2) is 0 Å². The van der Waals surface area contributed by atoms with Crippen LogP contribution in [0.2, 0.25) is 0 Å². The molecule has 1 aromatic rings. The van der Waals surface area contributed by atoms with Crippen LogP contribution in [-0.4, -0.2) is 19.7 Å². The standard InChI is InChI=1S/C15H22BrNO/c16-14-8-4-5-9-15(14)18-11-10-17-12-13-6-2-1-3-7-13/h4-5,8-9,13,17H,1-3,6-7,10-12H2. The zero-order valence-corrected chi connectivity index (χ0v) is 12.4. The fourth-order valence-corrected chi connectivity index (χ4v) is 2.89. The van der Waals surface area contributed by atoms with Crippen molar-refractivity contribution in [2.45, 2.75) is 32.1 Å². The van der Waals surface area contributed by atoms with Gasteiger partial charge in [-0.15, -0.1) is 0 Å². The van der Waals surface area contributed by atoms with Crippen LogP contribution in [0.5, 0.6) is 5.75 Å². The number of ether oxygens (including phenoxy) is 1. The normalized spacial score (nSPS) is 16.7. The first-order valence-corrected chi connectivity index (χ1v) is 7.73. The Kier molecular flexibility index (Phi) is 6.01. The van der Waals surface area contributed by atoms with Gasteiger partial charge in [-0.25, -0.2) is 0 Å². The largest absolute Gasteiger partial charge is 0.491 e. The third-order valence-electron chi connectivity index (χ3n) is 3.53. The fourth-order valence-electron chi connectivity index (χ4n) is 2.49. The van der Waals surface area contributed by atoms with Gasteiger partial charge in [-0.1, -0.05) is 31.4 Å². The summed E-state index contributed by atoms with van der Waals surface area (Å²) in [6.45, 7) is 2.81. The van der Waals surface area contributed by atoms with E-state index in [0.717, 1.165) is 35.8 Å². The number of halogens is 1. The highest BCUT2D eigenvalue weighted by molar-refractivity contribution is 9.10. The van der Waals surface area contributed by atoms with Crippen molar-refractivity contribution >= 4 is 15.9 Å². The zero-order valence-electron chi connectivity index (χ0n) is 10.8. The van der Waals surface area contributed by atoms with Crippen LogP contribution in [0.15, 0.2) is 28.7 Å². The molecule has 0 heterocycles. The van der Waals surface area contributed by atoms with Gasteiger partial charge in [0.1, 0.15) is 12.4 Å². The van der Waals surface area contributed by atoms with Gasteiger partial charge in [0.05, 0.1) is 4.47 Å².